The van der Waals surface area contributed by atoms with Crippen LogP contribution >= 0.6 is 0 Å². The van der Waals surface area contributed by atoms with Gasteiger partial charge in [0.15, 0.2) is 5.58 Å². The zero-order chi connectivity index (χ0) is 33.7. The van der Waals surface area contributed by atoms with Crippen LogP contribution in [0, 0.1) is 0 Å². The van der Waals surface area contributed by atoms with Crippen molar-refractivity contribution in [2.24, 2.45) is 0 Å². The molecule has 0 atom stereocenters. The highest BCUT2D eigenvalue weighted by Crippen LogP contribution is 2.41. The first kappa shape index (κ1) is 29.0. The van der Waals surface area contributed by atoms with Gasteiger partial charge in [-0.25, -0.2) is 4.98 Å². The fourth-order valence-electron chi connectivity index (χ4n) is 7.08. The first-order chi connectivity index (χ1) is 25.2. The van der Waals surface area contributed by atoms with Gasteiger partial charge in [-0.05, 0) is 93.7 Å². The van der Waals surface area contributed by atoms with E-state index in [0.29, 0.717) is 11.5 Å². The maximum absolute atomic E-state index is 6.51. The maximum atomic E-state index is 6.51. The molecule has 0 bridgehead atoms. The van der Waals surface area contributed by atoms with E-state index in [-0.39, 0.29) is 0 Å². The van der Waals surface area contributed by atoms with Crippen molar-refractivity contribution in [1.29, 1.82) is 0 Å². The summed E-state index contributed by atoms with van der Waals surface area (Å²) in [6, 6.07) is 63.6. The van der Waals surface area contributed by atoms with Crippen LogP contribution in [0.15, 0.2) is 191 Å². The molecule has 0 saturated carbocycles. The molecule has 240 valence electrons. The molecule has 4 heteroatoms. The molecule has 51 heavy (non-hydrogen) atoms. The van der Waals surface area contributed by atoms with E-state index >= 15 is 0 Å². The quantitative estimate of drug-likeness (QED) is 0.179. The Morgan fingerprint density at radius 1 is 0.353 bits per heavy atom. The van der Waals surface area contributed by atoms with E-state index in [1.807, 2.05) is 42.5 Å². The molecule has 0 unspecified atom stereocenters. The van der Waals surface area contributed by atoms with Gasteiger partial charge >= 0.3 is 0 Å². The third kappa shape index (κ3) is 5.22. The number of benzene rings is 8. The van der Waals surface area contributed by atoms with Crippen LogP contribution in [0.5, 0.6) is 0 Å². The summed E-state index contributed by atoms with van der Waals surface area (Å²) in [6.07, 6.45) is 0. The fraction of sp³-hybridized carbons (Fsp3) is 0. The van der Waals surface area contributed by atoms with Crippen molar-refractivity contribution in [2.75, 3.05) is 4.90 Å². The van der Waals surface area contributed by atoms with E-state index in [0.717, 1.165) is 50.1 Å². The van der Waals surface area contributed by atoms with E-state index in [2.05, 4.69) is 144 Å². The zero-order valence-electron chi connectivity index (χ0n) is 27.5. The minimum atomic E-state index is 0.602. The molecule has 0 aliphatic carbocycles. The molecule has 2 heterocycles. The Kier molecular flexibility index (Phi) is 6.78. The van der Waals surface area contributed by atoms with Crippen molar-refractivity contribution in [3.8, 4) is 33.7 Å². The van der Waals surface area contributed by atoms with Crippen molar-refractivity contribution >= 4 is 60.9 Å². The lowest BCUT2D eigenvalue weighted by Crippen LogP contribution is -2.09. The highest BCUT2D eigenvalue weighted by molar-refractivity contribution is 6.10. The summed E-state index contributed by atoms with van der Waals surface area (Å²) in [5.41, 5.74) is 11.9. The molecular formula is C47H30N2O2. The van der Waals surface area contributed by atoms with Crippen LogP contribution in [-0.4, -0.2) is 4.98 Å². The lowest BCUT2D eigenvalue weighted by atomic mass is 10.0. The average molecular weight is 655 g/mol. The molecule has 0 spiro atoms. The minimum Gasteiger partial charge on any atom is -0.456 e. The summed E-state index contributed by atoms with van der Waals surface area (Å²) in [4.78, 5) is 7.08. The zero-order valence-corrected chi connectivity index (χ0v) is 27.5. The van der Waals surface area contributed by atoms with Gasteiger partial charge in [-0.3, -0.25) is 0 Å². The van der Waals surface area contributed by atoms with Gasteiger partial charge in [0.05, 0.1) is 0 Å². The first-order valence-corrected chi connectivity index (χ1v) is 17.1. The molecule has 0 N–H and O–H groups in total. The van der Waals surface area contributed by atoms with Crippen LogP contribution in [0.1, 0.15) is 0 Å². The van der Waals surface area contributed by atoms with E-state index < -0.39 is 0 Å². The summed E-state index contributed by atoms with van der Waals surface area (Å²) in [7, 11) is 0. The average Bonchev–Trinajstić information content (AvgIpc) is 3.78. The first-order valence-electron chi connectivity index (χ1n) is 17.1. The molecule has 2 aromatic heterocycles. The Balaban J connectivity index is 1.06. The number of anilines is 3. The Labute approximate surface area is 294 Å². The number of oxazole rings is 1. The van der Waals surface area contributed by atoms with E-state index in [4.69, 9.17) is 13.8 Å². The smallest absolute Gasteiger partial charge is 0.227 e. The molecule has 0 saturated heterocycles. The number of hydrogen-bond acceptors (Lipinski definition) is 4. The Bertz CT molecular complexity index is 2840. The molecule has 4 nitrogen and oxygen atoms in total. The third-order valence-corrected chi connectivity index (χ3v) is 9.68. The van der Waals surface area contributed by atoms with Gasteiger partial charge in [-0.15, -0.1) is 0 Å². The number of rotatable bonds is 6. The summed E-state index contributed by atoms with van der Waals surface area (Å²) in [6.45, 7) is 0. The third-order valence-electron chi connectivity index (χ3n) is 9.68. The second-order valence-electron chi connectivity index (χ2n) is 12.8. The predicted octanol–water partition coefficient (Wildman–Crippen LogP) is 13.4. The van der Waals surface area contributed by atoms with Gasteiger partial charge in [-0.2, -0.15) is 0 Å². The largest absolute Gasteiger partial charge is 0.456 e. The Morgan fingerprint density at radius 3 is 1.65 bits per heavy atom. The van der Waals surface area contributed by atoms with Crippen LogP contribution in [0.2, 0.25) is 0 Å². The number of furan rings is 1. The van der Waals surface area contributed by atoms with Crippen LogP contribution in [0.25, 0.3) is 77.5 Å². The predicted molar refractivity (Wildman–Crippen MR) is 210 cm³/mol. The van der Waals surface area contributed by atoms with E-state index in [1.165, 1.54) is 33.0 Å². The Hall–Kier alpha value is -6.91. The number of nitrogens with zero attached hydrogens (tertiary/aromatic N) is 2. The van der Waals surface area contributed by atoms with Crippen LogP contribution in [0.4, 0.5) is 17.1 Å². The monoisotopic (exact) mass is 654 g/mol. The summed E-state index contributed by atoms with van der Waals surface area (Å²) in [5, 5.41) is 4.52. The molecule has 0 fully saturated rings. The van der Waals surface area contributed by atoms with Crippen LogP contribution in [0.3, 0.4) is 0 Å². The lowest BCUT2D eigenvalue weighted by molar-refractivity contribution is 0.617. The summed E-state index contributed by atoms with van der Waals surface area (Å²) >= 11 is 0. The molecule has 10 aromatic rings. The SMILES string of the molecule is c1ccc(-c2ccc(N(c3ccc(-c4ccc5ccccc5c4)cc3)c3ccc4c(c3)oc3cc5oc(-c6ccccc6)nc5cc34)cc2)cc1. The standard InChI is InChI=1S/C47H30N2O2/c1-3-9-31(10-4-1)33-17-21-38(22-18-33)49(39-23-19-34(20-24-39)37-16-15-32-11-7-8-14-36(32)27-37)40-25-26-41-42-29-43-46(30-45(42)50-44(41)28-40)51-47(48-43)35-12-5-2-6-13-35/h1-30H. The second-order valence-corrected chi connectivity index (χ2v) is 12.8. The van der Waals surface area contributed by atoms with Crippen molar-refractivity contribution in [1.82, 2.24) is 4.98 Å². The van der Waals surface area contributed by atoms with Crippen molar-refractivity contribution in [2.45, 2.75) is 0 Å². The second kappa shape index (κ2) is 11.9. The molecule has 8 aromatic carbocycles. The lowest BCUT2D eigenvalue weighted by Gasteiger charge is -2.26. The maximum Gasteiger partial charge on any atom is 0.227 e. The normalized spacial score (nSPS) is 11.5. The number of hydrogen-bond donors (Lipinski definition) is 0. The van der Waals surface area contributed by atoms with E-state index in [1.54, 1.807) is 0 Å². The topological polar surface area (TPSA) is 42.4 Å². The summed E-state index contributed by atoms with van der Waals surface area (Å²) in [5.74, 6) is 0.602. The van der Waals surface area contributed by atoms with Crippen LogP contribution in [-0.2, 0) is 0 Å². The number of fused-ring (bicyclic) bond motifs is 5. The van der Waals surface area contributed by atoms with Gasteiger partial charge in [0.1, 0.15) is 16.7 Å². The molecule has 10 rings (SSSR count). The van der Waals surface area contributed by atoms with Crippen molar-refractivity contribution in [3.05, 3.63) is 182 Å². The molecular weight excluding hydrogens is 625 g/mol. The van der Waals surface area contributed by atoms with Crippen molar-refractivity contribution < 1.29 is 8.83 Å². The molecule has 0 radical (unpaired) electrons. The molecule has 0 aliphatic heterocycles. The highest BCUT2D eigenvalue weighted by atomic mass is 16.4. The molecule has 0 amide bonds. The van der Waals surface area contributed by atoms with Crippen molar-refractivity contribution in [3.63, 3.8) is 0 Å². The Morgan fingerprint density at radius 2 is 0.922 bits per heavy atom. The fourth-order valence-corrected chi connectivity index (χ4v) is 7.08. The van der Waals surface area contributed by atoms with Gasteiger partial charge in [0.2, 0.25) is 5.89 Å². The number of aromatic nitrogens is 1. The summed E-state index contributed by atoms with van der Waals surface area (Å²) < 4.78 is 12.7. The molecule has 0 aliphatic rings. The van der Waals surface area contributed by atoms with Gasteiger partial charge < -0.3 is 13.7 Å². The van der Waals surface area contributed by atoms with Gasteiger partial charge in [0, 0.05) is 45.5 Å². The van der Waals surface area contributed by atoms with E-state index in [9.17, 15) is 0 Å². The minimum absolute atomic E-state index is 0.602. The highest BCUT2D eigenvalue weighted by Gasteiger charge is 2.18. The van der Waals surface area contributed by atoms with Gasteiger partial charge in [0.25, 0.3) is 0 Å². The van der Waals surface area contributed by atoms with Gasteiger partial charge in [-0.1, -0.05) is 109 Å². The van der Waals surface area contributed by atoms with Crippen LogP contribution < -0.4 is 4.90 Å².